The van der Waals surface area contributed by atoms with E-state index in [-0.39, 0.29) is 18.1 Å². The molecule has 1 aromatic carbocycles. The summed E-state index contributed by atoms with van der Waals surface area (Å²) in [4.78, 5) is 18.3. The third kappa shape index (κ3) is 4.52. The smallest absolute Gasteiger partial charge is 0.241 e. The molecule has 0 atom stereocenters. The molecule has 2 aliphatic heterocycles. The van der Waals surface area contributed by atoms with Crippen molar-refractivity contribution in [2.45, 2.75) is 51.8 Å². The zero-order chi connectivity index (χ0) is 19.6. The van der Waals surface area contributed by atoms with Crippen molar-refractivity contribution in [1.82, 2.24) is 25.0 Å². The monoisotopic (exact) mass is 383 g/mol. The molecule has 0 bridgehead atoms. The van der Waals surface area contributed by atoms with Gasteiger partial charge >= 0.3 is 0 Å². The van der Waals surface area contributed by atoms with Gasteiger partial charge in [0, 0.05) is 25.1 Å². The van der Waals surface area contributed by atoms with Crippen molar-refractivity contribution in [3.63, 3.8) is 0 Å². The van der Waals surface area contributed by atoms with Crippen LogP contribution in [0, 0.1) is 5.92 Å². The van der Waals surface area contributed by atoms with Crippen molar-refractivity contribution in [3.05, 3.63) is 42.0 Å². The summed E-state index contributed by atoms with van der Waals surface area (Å²) in [5.74, 6) is 1.62. The fourth-order valence-electron chi connectivity index (χ4n) is 4.17. The average Bonchev–Trinajstić information content (AvgIpc) is 3.27. The molecule has 0 unspecified atom stereocenters. The predicted molar refractivity (Wildman–Crippen MR) is 106 cm³/mol. The van der Waals surface area contributed by atoms with E-state index >= 15 is 0 Å². The molecule has 3 heterocycles. The molecule has 0 radical (unpaired) electrons. The Morgan fingerprint density at radius 3 is 2.89 bits per heavy atom. The minimum atomic E-state index is -0.101. The number of piperidine rings is 1. The lowest BCUT2D eigenvalue weighted by atomic mass is 9.96. The molecular weight excluding hydrogens is 354 g/mol. The summed E-state index contributed by atoms with van der Waals surface area (Å²) in [6.45, 7) is 8.31. The highest BCUT2D eigenvalue weighted by molar-refractivity contribution is 5.75. The van der Waals surface area contributed by atoms with Crippen LogP contribution in [0.25, 0.3) is 0 Å². The normalized spacial score (nSPS) is 19.2. The van der Waals surface area contributed by atoms with Crippen LogP contribution in [0.4, 0.5) is 0 Å². The molecule has 1 saturated heterocycles. The number of carbonyl (C=O) groups excluding carboxylic acids is 1. The maximum Gasteiger partial charge on any atom is 0.241 e. The van der Waals surface area contributed by atoms with Crippen LogP contribution in [0.15, 0.2) is 30.9 Å². The van der Waals surface area contributed by atoms with Gasteiger partial charge in [0.1, 0.15) is 30.5 Å². The summed E-state index contributed by atoms with van der Waals surface area (Å²) in [6.07, 6.45) is 6.18. The van der Waals surface area contributed by atoms with E-state index in [1.54, 1.807) is 11.0 Å². The third-order valence-corrected chi connectivity index (χ3v) is 5.63. The summed E-state index contributed by atoms with van der Waals surface area (Å²) >= 11 is 0. The Labute approximate surface area is 166 Å². The summed E-state index contributed by atoms with van der Waals surface area (Å²) in [5, 5.41) is 6.99. The van der Waals surface area contributed by atoms with Crippen molar-refractivity contribution in [2.75, 3.05) is 19.6 Å². The van der Waals surface area contributed by atoms with Crippen LogP contribution < -0.4 is 10.1 Å². The number of nitrogens with one attached hydrogen (secondary N) is 1. The summed E-state index contributed by atoms with van der Waals surface area (Å²) in [7, 11) is 0. The van der Waals surface area contributed by atoms with Gasteiger partial charge in [-0.1, -0.05) is 18.2 Å². The van der Waals surface area contributed by atoms with Gasteiger partial charge in [-0.25, -0.2) is 9.67 Å². The van der Waals surface area contributed by atoms with Gasteiger partial charge in [-0.3, -0.25) is 9.69 Å². The molecule has 1 amide bonds. The molecule has 7 nitrogen and oxygen atoms in total. The van der Waals surface area contributed by atoms with Gasteiger partial charge in [0.2, 0.25) is 5.91 Å². The molecule has 7 heteroatoms. The van der Waals surface area contributed by atoms with Gasteiger partial charge in [-0.2, -0.15) is 5.10 Å². The maximum atomic E-state index is 12.0. The fourth-order valence-corrected chi connectivity index (χ4v) is 4.17. The van der Waals surface area contributed by atoms with Crippen LogP contribution in [-0.2, 0) is 24.3 Å². The molecule has 2 aliphatic rings. The van der Waals surface area contributed by atoms with Crippen LogP contribution in [0.5, 0.6) is 5.75 Å². The van der Waals surface area contributed by atoms with Gasteiger partial charge in [0.25, 0.3) is 0 Å². The van der Waals surface area contributed by atoms with Crippen LogP contribution in [0.3, 0.4) is 0 Å². The average molecular weight is 383 g/mol. The zero-order valence-electron chi connectivity index (χ0n) is 16.7. The number of hydrogen-bond acceptors (Lipinski definition) is 5. The molecule has 0 saturated carbocycles. The van der Waals surface area contributed by atoms with Crippen LogP contribution in [0.2, 0.25) is 0 Å². The van der Waals surface area contributed by atoms with Crippen molar-refractivity contribution < 1.29 is 9.53 Å². The van der Waals surface area contributed by atoms with Crippen molar-refractivity contribution in [1.29, 1.82) is 0 Å². The largest absolute Gasteiger partial charge is 0.487 e. The van der Waals surface area contributed by atoms with Crippen LogP contribution in [-0.4, -0.2) is 50.8 Å². The molecule has 28 heavy (non-hydrogen) atoms. The number of benzene rings is 1. The maximum absolute atomic E-state index is 12.0. The third-order valence-electron chi connectivity index (χ3n) is 5.63. The molecule has 150 valence electrons. The van der Waals surface area contributed by atoms with E-state index in [0.717, 1.165) is 51.2 Å². The number of carbonyl (C=O) groups is 1. The van der Waals surface area contributed by atoms with E-state index in [1.165, 1.54) is 17.5 Å². The first-order valence-corrected chi connectivity index (χ1v) is 10.1. The topological polar surface area (TPSA) is 72.3 Å². The van der Waals surface area contributed by atoms with Gasteiger partial charge in [0.15, 0.2) is 0 Å². The standard InChI is InChI=1S/C21H29N5O2/c1-21(2)10-17-4-3-5-18(20(17)28-21)12-25-8-6-16(7-9-25)11-23-19(27)13-26-15-22-14-24-26/h3-5,14-16H,6-13H2,1-2H3,(H,23,27). The number of para-hydroxylation sites is 1. The molecule has 1 aromatic heterocycles. The zero-order valence-corrected chi connectivity index (χ0v) is 16.7. The first-order chi connectivity index (χ1) is 13.5. The van der Waals surface area contributed by atoms with E-state index in [2.05, 4.69) is 52.3 Å². The quantitative estimate of drug-likeness (QED) is 0.826. The van der Waals surface area contributed by atoms with E-state index in [9.17, 15) is 4.79 Å². The molecule has 1 fully saturated rings. The van der Waals surface area contributed by atoms with Gasteiger partial charge in [0.05, 0.1) is 0 Å². The second kappa shape index (κ2) is 7.91. The van der Waals surface area contributed by atoms with Crippen molar-refractivity contribution in [3.8, 4) is 5.75 Å². The lowest BCUT2D eigenvalue weighted by Crippen LogP contribution is -2.39. The van der Waals surface area contributed by atoms with E-state index in [0.29, 0.717) is 5.92 Å². The predicted octanol–water partition coefficient (Wildman–Crippen LogP) is 2.02. The first-order valence-electron chi connectivity index (χ1n) is 10.1. The SMILES string of the molecule is CC1(C)Cc2cccc(CN3CCC(CNC(=O)Cn4cncn4)CC3)c2O1. The Hall–Kier alpha value is -2.41. The second-order valence-corrected chi connectivity index (χ2v) is 8.56. The fraction of sp³-hybridized carbons (Fsp3) is 0.571. The van der Waals surface area contributed by atoms with E-state index in [1.807, 2.05) is 0 Å². The van der Waals surface area contributed by atoms with Gasteiger partial charge in [-0.05, 0) is 51.3 Å². The Morgan fingerprint density at radius 2 is 2.14 bits per heavy atom. The number of ether oxygens (including phenoxy) is 1. The summed E-state index contributed by atoms with van der Waals surface area (Å²) in [6, 6.07) is 6.52. The van der Waals surface area contributed by atoms with E-state index < -0.39 is 0 Å². The molecule has 4 rings (SSSR count). The molecule has 0 spiro atoms. The lowest BCUT2D eigenvalue weighted by molar-refractivity contribution is -0.122. The van der Waals surface area contributed by atoms with Crippen molar-refractivity contribution >= 4 is 5.91 Å². The summed E-state index contributed by atoms with van der Waals surface area (Å²) < 4.78 is 7.75. The van der Waals surface area contributed by atoms with Gasteiger partial charge < -0.3 is 10.1 Å². The Bertz CT molecular complexity index is 810. The minimum Gasteiger partial charge on any atom is -0.487 e. The van der Waals surface area contributed by atoms with Crippen molar-refractivity contribution in [2.24, 2.45) is 5.92 Å². The number of rotatable bonds is 6. The summed E-state index contributed by atoms with van der Waals surface area (Å²) in [5.41, 5.74) is 2.52. The van der Waals surface area contributed by atoms with Crippen LogP contribution in [0.1, 0.15) is 37.8 Å². The highest BCUT2D eigenvalue weighted by Gasteiger charge is 2.32. The molecule has 2 aromatic rings. The molecular formula is C21H29N5O2. The highest BCUT2D eigenvalue weighted by atomic mass is 16.5. The number of hydrogen-bond donors (Lipinski definition) is 1. The second-order valence-electron chi connectivity index (χ2n) is 8.56. The highest BCUT2D eigenvalue weighted by Crippen LogP contribution is 2.38. The van der Waals surface area contributed by atoms with Gasteiger partial charge in [-0.15, -0.1) is 0 Å². The number of aromatic nitrogens is 3. The minimum absolute atomic E-state index is 0.00691. The molecule has 0 aliphatic carbocycles. The Morgan fingerprint density at radius 1 is 1.32 bits per heavy atom. The van der Waals surface area contributed by atoms with Crippen LogP contribution >= 0.6 is 0 Å². The molecule has 1 N–H and O–H groups in total. The Balaban J connectivity index is 1.23. The number of fused-ring (bicyclic) bond motifs is 1. The first kappa shape index (κ1) is 18.9. The number of nitrogens with zero attached hydrogens (tertiary/aromatic N) is 4. The Kier molecular flexibility index (Phi) is 5.35. The number of likely N-dealkylation sites (tertiary alicyclic amines) is 1. The lowest BCUT2D eigenvalue weighted by Gasteiger charge is -2.32. The van der Waals surface area contributed by atoms with E-state index in [4.69, 9.17) is 4.74 Å². The number of amides is 1.